The molecule has 1 aromatic rings. The Balaban J connectivity index is 3.42. The third kappa shape index (κ3) is 19.5. The van der Waals surface area contributed by atoms with Gasteiger partial charge in [0.2, 0.25) is 29.5 Å². The predicted octanol–water partition coefficient (Wildman–Crippen LogP) is 3.99. The van der Waals surface area contributed by atoms with Gasteiger partial charge in [0, 0.05) is 13.5 Å². The lowest BCUT2D eigenvalue weighted by Gasteiger charge is -2.33. The molecule has 0 bridgehead atoms. The van der Waals surface area contributed by atoms with Crippen molar-refractivity contribution in [3.63, 3.8) is 0 Å². The smallest absolute Gasteiger partial charge is 0.326 e. The van der Waals surface area contributed by atoms with Crippen molar-refractivity contribution < 1.29 is 53.3 Å². The maximum Gasteiger partial charge on any atom is 0.326 e. The molecule has 59 heavy (non-hydrogen) atoms. The van der Waals surface area contributed by atoms with E-state index >= 15 is 0 Å². The Morgan fingerprint density at radius 3 is 1.81 bits per heavy atom. The van der Waals surface area contributed by atoms with E-state index in [4.69, 9.17) is 4.74 Å². The number of likely N-dealkylation sites (N-methyl/N-ethyl adjacent to an activating group) is 1. The van der Waals surface area contributed by atoms with Crippen LogP contribution in [0.3, 0.4) is 0 Å². The fraction of sp³-hybridized carbons (Fsp3) is 0.674. The largest absolute Gasteiger partial charge is 0.481 e. The lowest BCUT2D eigenvalue weighted by molar-refractivity contribution is -0.151. The monoisotopic (exact) mass is 831 g/mol. The molecule has 0 aliphatic carbocycles. The predicted molar refractivity (Wildman–Crippen MR) is 222 cm³/mol. The van der Waals surface area contributed by atoms with Gasteiger partial charge in [-0.1, -0.05) is 104 Å². The third-order valence-electron chi connectivity index (χ3n) is 10.1. The quantitative estimate of drug-likeness (QED) is 0.0522. The summed E-state index contributed by atoms with van der Waals surface area (Å²) in [4.78, 5) is 107. The van der Waals surface area contributed by atoms with Crippen molar-refractivity contribution in [1.29, 1.82) is 0 Å². The van der Waals surface area contributed by atoms with Crippen LogP contribution in [-0.2, 0) is 49.5 Å². The number of nitrogens with one attached hydrogen (secondary N) is 4. The molecule has 332 valence electrons. The molecular weight excluding hydrogens is 762 g/mol. The van der Waals surface area contributed by atoms with Crippen LogP contribution >= 0.6 is 0 Å². The summed E-state index contributed by atoms with van der Waals surface area (Å²) >= 11 is 0. The van der Waals surface area contributed by atoms with Gasteiger partial charge < -0.3 is 41.1 Å². The standard InChI is InChI=1S/C43H69N5O11/c1-10-12-13-15-18-29(8)59-36(52)25-32(40(54)44-31(24-35(50)51)39(53)46-33(43(57)58)23-26(3)4)45-41(55)37(28(7)11-2)47-42(56)38(27(5)6)48(9)34(49)22-21-30-19-16-14-17-20-30/h14,16-17,19-20,26-29,31-33,37-38H,10-13,15,18,21-25H2,1-9H3,(H,44,54)(H,45,55)(H,46,53)(H,47,56)(H,50,51)(H,57,58)/t28-,29+,31-,32?,33-,37-,38-/m0/s1. The summed E-state index contributed by atoms with van der Waals surface area (Å²) in [6.45, 7) is 14.3. The second kappa shape index (κ2) is 26.9. The lowest BCUT2D eigenvalue weighted by Crippen LogP contribution is -2.61. The first kappa shape index (κ1) is 52.0. The molecular formula is C43H69N5O11. The Hall–Kier alpha value is -5.02. The molecule has 0 saturated carbocycles. The van der Waals surface area contributed by atoms with Gasteiger partial charge in [-0.05, 0) is 55.9 Å². The van der Waals surface area contributed by atoms with Crippen LogP contribution in [0.1, 0.15) is 125 Å². The van der Waals surface area contributed by atoms with E-state index in [1.165, 1.54) is 11.9 Å². The number of hydrogen-bond acceptors (Lipinski definition) is 9. The molecule has 0 aromatic heterocycles. The Labute approximate surface area is 349 Å². The molecule has 0 aliphatic rings. The topological polar surface area (TPSA) is 238 Å². The molecule has 0 saturated heterocycles. The van der Waals surface area contributed by atoms with Crippen LogP contribution in [0.15, 0.2) is 30.3 Å². The van der Waals surface area contributed by atoms with Gasteiger partial charge in [0.25, 0.3) is 0 Å². The second-order valence-corrected chi connectivity index (χ2v) is 16.2. The number of nitrogens with zero attached hydrogens (tertiary/aromatic N) is 1. The van der Waals surface area contributed by atoms with E-state index in [-0.39, 0.29) is 30.6 Å². The first-order valence-corrected chi connectivity index (χ1v) is 20.9. The first-order chi connectivity index (χ1) is 27.7. The summed E-state index contributed by atoms with van der Waals surface area (Å²) in [5.74, 6) is -8.66. The minimum atomic E-state index is -1.78. The number of rotatable bonds is 28. The fourth-order valence-electron chi connectivity index (χ4n) is 6.54. The van der Waals surface area contributed by atoms with Crippen molar-refractivity contribution in [2.24, 2.45) is 17.8 Å². The summed E-state index contributed by atoms with van der Waals surface area (Å²) in [5.41, 5.74) is 0.961. The van der Waals surface area contributed by atoms with Crippen LogP contribution < -0.4 is 21.3 Å². The average Bonchev–Trinajstić information content (AvgIpc) is 3.16. The molecule has 5 amide bonds. The zero-order valence-electron chi connectivity index (χ0n) is 36.4. The molecule has 1 unspecified atom stereocenters. The van der Waals surface area contributed by atoms with E-state index in [0.29, 0.717) is 19.3 Å². The molecule has 16 nitrogen and oxygen atoms in total. The number of carbonyl (C=O) groups is 8. The maximum absolute atomic E-state index is 14.1. The summed E-state index contributed by atoms with van der Waals surface area (Å²) < 4.78 is 5.56. The van der Waals surface area contributed by atoms with Crippen molar-refractivity contribution in [2.75, 3.05) is 7.05 Å². The van der Waals surface area contributed by atoms with Gasteiger partial charge >= 0.3 is 17.9 Å². The van der Waals surface area contributed by atoms with E-state index in [1.54, 1.807) is 48.5 Å². The molecule has 6 N–H and O–H groups in total. The van der Waals surface area contributed by atoms with Crippen LogP contribution in [0.2, 0.25) is 0 Å². The minimum absolute atomic E-state index is 0.0218. The summed E-state index contributed by atoms with van der Waals surface area (Å²) in [5, 5.41) is 29.1. The Morgan fingerprint density at radius 1 is 0.712 bits per heavy atom. The number of aliphatic carboxylic acids is 2. The minimum Gasteiger partial charge on any atom is -0.481 e. The number of carbonyl (C=O) groups excluding carboxylic acids is 6. The van der Waals surface area contributed by atoms with Crippen molar-refractivity contribution >= 4 is 47.4 Å². The van der Waals surface area contributed by atoms with Gasteiger partial charge in [-0.3, -0.25) is 33.6 Å². The number of carboxylic acid groups (broad SMARTS) is 2. The van der Waals surface area contributed by atoms with Gasteiger partial charge in [0.15, 0.2) is 0 Å². The van der Waals surface area contributed by atoms with Crippen LogP contribution in [0.4, 0.5) is 0 Å². The van der Waals surface area contributed by atoms with Gasteiger partial charge in [-0.2, -0.15) is 0 Å². The highest BCUT2D eigenvalue weighted by Gasteiger charge is 2.37. The highest BCUT2D eigenvalue weighted by Crippen LogP contribution is 2.17. The summed E-state index contributed by atoms with van der Waals surface area (Å²) in [7, 11) is 1.53. The fourth-order valence-corrected chi connectivity index (χ4v) is 6.54. The van der Waals surface area contributed by atoms with Gasteiger partial charge in [-0.15, -0.1) is 0 Å². The number of amides is 5. The zero-order valence-corrected chi connectivity index (χ0v) is 36.4. The molecule has 0 heterocycles. The second-order valence-electron chi connectivity index (χ2n) is 16.2. The molecule has 0 spiro atoms. The van der Waals surface area contributed by atoms with Gasteiger partial charge in [0.05, 0.1) is 18.9 Å². The van der Waals surface area contributed by atoms with Crippen molar-refractivity contribution in [3.05, 3.63) is 35.9 Å². The first-order valence-electron chi connectivity index (χ1n) is 20.9. The summed E-state index contributed by atoms with van der Waals surface area (Å²) in [6.07, 6.45) is 3.16. The Morgan fingerprint density at radius 2 is 1.29 bits per heavy atom. The van der Waals surface area contributed by atoms with E-state index in [9.17, 15) is 48.6 Å². The average molecular weight is 832 g/mol. The lowest BCUT2D eigenvalue weighted by atomic mass is 9.95. The molecule has 0 aliphatic heterocycles. The molecule has 0 radical (unpaired) electrons. The molecule has 0 fully saturated rings. The number of carboxylic acids is 2. The number of aryl methyl sites for hydroxylation is 1. The summed E-state index contributed by atoms with van der Waals surface area (Å²) in [6, 6.07) is 2.34. The van der Waals surface area contributed by atoms with Gasteiger partial charge in [0.1, 0.15) is 30.2 Å². The Kier molecular flexibility index (Phi) is 23.7. The van der Waals surface area contributed by atoms with Gasteiger partial charge in [-0.25, -0.2) is 4.79 Å². The SMILES string of the molecule is CCCCCC[C@@H](C)OC(=O)CC(NC(=O)[C@@H](NC(=O)[C@H](C(C)C)N(C)C(=O)CCc1ccccc1)[C@@H](C)CC)C(=O)N[C@@H](CC(=O)O)C(=O)N[C@@H](CC(C)C)C(=O)O. The van der Waals surface area contributed by atoms with Crippen molar-refractivity contribution in [1.82, 2.24) is 26.2 Å². The number of unbranched alkanes of at least 4 members (excludes halogenated alkanes) is 3. The van der Waals surface area contributed by atoms with Crippen molar-refractivity contribution in [3.8, 4) is 0 Å². The molecule has 1 aromatic carbocycles. The Bertz CT molecular complexity index is 1540. The molecule has 16 heteroatoms. The number of benzene rings is 1. The van der Waals surface area contributed by atoms with E-state index in [2.05, 4.69) is 28.2 Å². The number of ether oxygens (including phenoxy) is 1. The maximum atomic E-state index is 14.1. The van der Waals surface area contributed by atoms with Crippen LogP contribution in [0.5, 0.6) is 0 Å². The number of esters is 1. The highest BCUT2D eigenvalue weighted by molar-refractivity contribution is 5.98. The zero-order chi connectivity index (χ0) is 44.8. The van der Waals surface area contributed by atoms with Crippen molar-refractivity contribution in [2.45, 2.75) is 162 Å². The van der Waals surface area contributed by atoms with Crippen LogP contribution in [0.25, 0.3) is 0 Å². The van der Waals surface area contributed by atoms with Crippen LogP contribution in [0, 0.1) is 17.8 Å². The van der Waals surface area contributed by atoms with E-state index < -0.39 is 96.6 Å². The van der Waals surface area contributed by atoms with E-state index in [0.717, 1.165) is 31.2 Å². The van der Waals surface area contributed by atoms with E-state index in [1.807, 2.05) is 30.3 Å². The highest BCUT2D eigenvalue weighted by atomic mass is 16.5. The molecule has 1 rings (SSSR count). The molecule has 7 atom stereocenters. The normalized spacial score (nSPS) is 14.8. The van der Waals surface area contributed by atoms with Crippen LogP contribution in [-0.4, -0.2) is 106 Å². The number of hydrogen-bond donors (Lipinski definition) is 6. The third-order valence-corrected chi connectivity index (χ3v) is 10.1.